The van der Waals surface area contributed by atoms with E-state index in [9.17, 15) is 0 Å². The predicted octanol–water partition coefficient (Wildman–Crippen LogP) is 1.79. The third-order valence-electron chi connectivity index (χ3n) is 0.443. The molecule has 0 spiro atoms. The molecule has 3 heteroatoms. The first kappa shape index (κ1) is 4.15. The van der Waals surface area contributed by atoms with Crippen molar-refractivity contribution in [3.8, 4) is 0 Å². The van der Waals surface area contributed by atoms with E-state index in [2.05, 4.69) is 3.76 Å². The van der Waals surface area contributed by atoms with Crippen LogP contribution < -0.4 is 0 Å². The van der Waals surface area contributed by atoms with E-state index in [0.29, 0.717) is 0 Å². The first-order valence-corrected chi connectivity index (χ1v) is 3.20. The second-order valence-corrected chi connectivity index (χ2v) is 2.87. The van der Waals surface area contributed by atoms with Crippen molar-refractivity contribution in [2.75, 3.05) is 0 Å². The Morgan fingerprint density at radius 1 is 2.00 bits per heavy atom. The van der Waals surface area contributed by atoms with Gasteiger partial charge in [0.1, 0.15) is 0 Å². The molecule has 0 unspecified atom stereocenters. The Balaban J connectivity index is 3.05. The molecule has 0 aliphatic rings. The number of hydrogen-bond acceptors (Lipinski definition) is 2. The Morgan fingerprint density at radius 3 is 3.00 bits per heavy atom. The van der Waals surface area contributed by atoms with Crippen LogP contribution in [0.15, 0.2) is 5.38 Å². The lowest BCUT2D eigenvalue weighted by molar-refractivity contribution is 1.67. The number of aromatic nitrogens is 1. The Kier molecular flexibility index (Phi) is 1.12. The average Bonchev–Trinajstić information content (AvgIpc) is 1.86. The Morgan fingerprint density at radius 2 is 2.83 bits per heavy atom. The molecule has 0 bridgehead atoms. The Hall–Kier alpha value is -0.0200. The van der Waals surface area contributed by atoms with Crippen LogP contribution in [0.3, 0.4) is 0 Å². The van der Waals surface area contributed by atoms with E-state index in [1.807, 2.05) is 12.3 Å². The van der Waals surface area contributed by atoms with Gasteiger partial charge in [0, 0.05) is 0 Å². The molecular weight excluding hydrogens is 114 g/mol. The quantitative estimate of drug-likeness (QED) is 0.473. The lowest BCUT2D eigenvalue weighted by Gasteiger charge is -1.48. The van der Waals surface area contributed by atoms with Crippen molar-refractivity contribution in [1.29, 1.82) is 0 Å². The van der Waals surface area contributed by atoms with Crippen LogP contribution in [0.25, 0.3) is 0 Å². The van der Waals surface area contributed by atoms with Gasteiger partial charge in [-0.2, -0.15) is 0 Å². The predicted molar refractivity (Wildman–Crippen MR) is 29.1 cm³/mol. The maximum atomic E-state index is 3.91. The standard InChI is InChI=1S/C3H4NS2/c1-3-2-5-4-6-3/h2H,1H3/q+1. The van der Waals surface area contributed by atoms with Gasteiger partial charge in [0.25, 0.3) is 0 Å². The fourth-order valence-corrected chi connectivity index (χ4v) is 1.46. The van der Waals surface area contributed by atoms with Gasteiger partial charge in [-0.3, -0.25) is 0 Å². The smallest absolute Gasteiger partial charge is 0.00373 e. The number of nitrogens with zero attached hydrogens (tertiary/aromatic N) is 1. The molecule has 0 saturated heterocycles. The van der Waals surface area contributed by atoms with Crippen molar-refractivity contribution in [2.45, 2.75) is 6.92 Å². The van der Waals surface area contributed by atoms with E-state index in [4.69, 9.17) is 0 Å². The monoisotopic (exact) mass is 118 g/mol. The van der Waals surface area contributed by atoms with Crippen molar-refractivity contribution in [3.63, 3.8) is 0 Å². The van der Waals surface area contributed by atoms with Gasteiger partial charge in [0.05, 0.1) is 3.76 Å². The van der Waals surface area contributed by atoms with Crippen molar-refractivity contribution >= 4 is 23.1 Å². The minimum Gasteiger partial charge on any atom is -0.00373 e. The summed E-state index contributed by atoms with van der Waals surface area (Å²) >= 11 is 3.05. The largest absolute Gasteiger partial charge is 0.203 e. The molecule has 32 valence electrons. The molecule has 1 rings (SSSR count). The molecule has 1 aromatic heterocycles. The zero-order chi connectivity index (χ0) is 4.41. The lowest BCUT2D eigenvalue weighted by Crippen LogP contribution is -1.42. The highest BCUT2D eigenvalue weighted by Gasteiger charge is 1.93. The van der Waals surface area contributed by atoms with Crippen molar-refractivity contribution in [1.82, 2.24) is 3.76 Å². The highest BCUT2D eigenvalue weighted by molar-refractivity contribution is 7.20. The molecule has 1 aromatic rings. The van der Waals surface area contributed by atoms with Crippen LogP contribution in [0.2, 0.25) is 0 Å². The second kappa shape index (κ2) is 1.62. The lowest BCUT2D eigenvalue weighted by atomic mass is 10.7. The highest BCUT2D eigenvalue weighted by Crippen LogP contribution is 2.04. The van der Waals surface area contributed by atoms with Gasteiger partial charge >= 0.3 is 0 Å². The average molecular weight is 118 g/mol. The van der Waals surface area contributed by atoms with Crippen LogP contribution in [0, 0.1) is 6.92 Å². The topological polar surface area (TPSA) is 12.9 Å². The molecule has 0 aliphatic heterocycles. The Bertz CT molecular complexity index is 112. The fourth-order valence-electron chi connectivity index (χ4n) is 0.198. The van der Waals surface area contributed by atoms with Crippen LogP contribution in [0.4, 0.5) is 0 Å². The second-order valence-electron chi connectivity index (χ2n) is 1.000. The summed E-state index contributed by atoms with van der Waals surface area (Å²) in [7, 11) is 0. The number of hydrogen-bond donors (Lipinski definition) is 0. The first-order chi connectivity index (χ1) is 2.89. The van der Waals surface area contributed by atoms with E-state index in [1.54, 1.807) is 11.5 Å². The molecule has 6 heavy (non-hydrogen) atoms. The molecule has 0 fully saturated rings. The maximum absolute atomic E-state index is 3.91. The maximum Gasteiger partial charge on any atom is 0.203 e. The number of rotatable bonds is 0. The summed E-state index contributed by atoms with van der Waals surface area (Å²) in [5.41, 5.74) is 0. The zero-order valence-electron chi connectivity index (χ0n) is 3.34. The molecule has 0 aromatic carbocycles. The summed E-state index contributed by atoms with van der Waals surface area (Å²) < 4.78 is 3.91. The number of aryl methyl sites for hydroxylation is 1. The summed E-state index contributed by atoms with van der Waals surface area (Å²) in [6.07, 6.45) is 0. The first-order valence-electron chi connectivity index (χ1n) is 1.59. The van der Waals surface area contributed by atoms with Gasteiger partial charge in [-0.25, -0.2) is 0 Å². The zero-order valence-corrected chi connectivity index (χ0v) is 4.97. The van der Waals surface area contributed by atoms with Gasteiger partial charge in [-0.1, -0.05) is 0 Å². The minimum absolute atomic E-state index is 1.29. The molecular formula is C3H4NS2+. The van der Waals surface area contributed by atoms with Gasteiger partial charge in [0.2, 0.25) is 23.1 Å². The van der Waals surface area contributed by atoms with Crippen molar-refractivity contribution in [3.05, 3.63) is 10.3 Å². The third-order valence-corrected chi connectivity index (χ3v) is 2.10. The molecule has 0 saturated carbocycles. The van der Waals surface area contributed by atoms with Gasteiger partial charge in [0.15, 0.2) is 10.3 Å². The summed E-state index contributed by atoms with van der Waals surface area (Å²) in [5, 5.41) is 2.03. The minimum atomic E-state index is 1.29. The SMILES string of the molecule is Cc1c[s+]ns1. The molecule has 0 amide bonds. The van der Waals surface area contributed by atoms with Crippen LogP contribution in [-0.2, 0) is 0 Å². The Labute approximate surface area is 44.6 Å². The van der Waals surface area contributed by atoms with Crippen molar-refractivity contribution < 1.29 is 0 Å². The molecule has 0 N–H and O–H groups in total. The normalized spacial score (nSPS) is 8.83. The van der Waals surface area contributed by atoms with Crippen LogP contribution >= 0.6 is 23.1 Å². The van der Waals surface area contributed by atoms with Crippen LogP contribution in [0.5, 0.6) is 0 Å². The molecule has 1 heterocycles. The fraction of sp³-hybridized carbons (Fsp3) is 0.333. The van der Waals surface area contributed by atoms with E-state index < -0.39 is 0 Å². The molecule has 0 radical (unpaired) electrons. The van der Waals surface area contributed by atoms with Gasteiger partial charge in [-0.05, 0) is 6.92 Å². The van der Waals surface area contributed by atoms with E-state index in [0.717, 1.165) is 0 Å². The molecule has 0 atom stereocenters. The van der Waals surface area contributed by atoms with Gasteiger partial charge < -0.3 is 0 Å². The summed E-state index contributed by atoms with van der Waals surface area (Å²) in [4.78, 5) is 1.29. The van der Waals surface area contributed by atoms with E-state index in [1.165, 1.54) is 16.4 Å². The van der Waals surface area contributed by atoms with Crippen LogP contribution in [0.1, 0.15) is 4.88 Å². The summed E-state index contributed by atoms with van der Waals surface area (Å²) in [6.45, 7) is 2.05. The van der Waals surface area contributed by atoms with E-state index in [-0.39, 0.29) is 0 Å². The summed E-state index contributed by atoms with van der Waals surface area (Å²) in [5.74, 6) is 0. The molecule has 0 aliphatic carbocycles. The highest BCUT2D eigenvalue weighted by atomic mass is 32.2. The molecule has 1 nitrogen and oxygen atoms in total. The van der Waals surface area contributed by atoms with Crippen molar-refractivity contribution in [2.24, 2.45) is 0 Å². The van der Waals surface area contributed by atoms with Crippen LogP contribution in [-0.4, -0.2) is 3.76 Å². The van der Waals surface area contributed by atoms with E-state index >= 15 is 0 Å². The van der Waals surface area contributed by atoms with Gasteiger partial charge in [-0.15, -0.1) is 0 Å². The summed E-state index contributed by atoms with van der Waals surface area (Å²) in [6, 6.07) is 0. The third kappa shape index (κ3) is 0.725.